The van der Waals surface area contributed by atoms with E-state index < -0.39 is 0 Å². The molecule has 0 amide bonds. The molecular weight excluding hydrogens is 1240 g/mol. The molecule has 0 N–H and O–H groups in total. The van der Waals surface area contributed by atoms with E-state index in [0.29, 0.717) is 34.9 Å². The van der Waals surface area contributed by atoms with Gasteiger partial charge in [-0.3, -0.25) is 0 Å². The molecule has 6 heteroatoms. The minimum atomic E-state index is -0.150. The molecule has 4 fully saturated rings. The Morgan fingerprint density at radius 1 is 0.294 bits per heavy atom. The standard InChI is InChI=1S/C96H104N6/c1-93(2,3)67-38-46-84-75(54-67)76-55-68(94(4,5)6)39-47-85(76)100(84)90-79(58-97)89(99-80-42-34-63(59-26-18-14-19-27-59)50-71(80)72-51-64(35-43-81(72)99)60-28-20-15-21-29-60)92(102-86-48-40-69(95(7,8)9)56-77(86)78-57-70(96(10,11)12)41-49-87(78)102)88(98-13)91(90)101-82-44-36-65(61-30-22-16-23-31-61)52-73(82)74-53-66(37-45-83(74)101)62-32-24-17-25-33-62/h34-57,59-62H,14-33H2,1-12H3. The van der Waals surface area contributed by atoms with Crippen molar-refractivity contribution in [3.05, 3.63) is 207 Å². The molecule has 0 spiro atoms. The van der Waals surface area contributed by atoms with Crippen molar-refractivity contribution in [3.8, 4) is 28.8 Å². The lowest BCUT2D eigenvalue weighted by atomic mass is 9.83. The van der Waals surface area contributed by atoms with Crippen LogP contribution in [0.2, 0.25) is 0 Å². The molecule has 13 aromatic rings. The summed E-state index contributed by atoms with van der Waals surface area (Å²) in [6.45, 7) is 38.5. The highest BCUT2D eigenvalue weighted by Crippen LogP contribution is 2.55. The zero-order valence-corrected chi connectivity index (χ0v) is 63.0. The van der Waals surface area contributed by atoms with Gasteiger partial charge in [-0.1, -0.05) is 209 Å². The minimum absolute atomic E-state index is 0.149. The van der Waals surface area contributed by atoms with Crippen LogP contribution in [0.3, 0.4) is 0 Å². The van der Waals surface area contributed by atoms with Gasteiger partial charge in [0.15, 0.2) is 0 Å². The number of benzene rings is 9. The van der Waals surface area contributed by atoms with E-state index >= 15 is 0 Å². The predicted octanol–water partition coefficient (Wildman–Crippen LogP) is 27.9. The fourth-order valence-electron chi connectivity index (χ4n) is 19.5. The van der Waals surface area contributed by atoms with Crippen LogP contribution in [-0.2, 0) is 21.7 Å². The molecule has 9 aromatic carbocycles. The summed E-state index contributed by atoms with van der Waals surface area (Å²) in [4.78, 5) is 5.26. The zero-order valence-electron chi connectivity index (χ0n) is 63.0. The van der Waals surface area contributed by atoms with E-state index in [1.165, 1.54) is 194 Å². The lowest BCUT2D eigenvalue weighted by Gasteiger charge is -2.28. The highest BCUT2D eigenvalue weighted by atomic mass is 15.1. The molecule has 4 aromatic heterocycles. The molecule has 6 nitrogen and oxygen atoms in total. The lowest BCUT2D eigenvalue weighted by Crippen LogP contribution is -2.15. The van der Waals surface area contributed by atoms with E-state index in [2.05, 4.69) is 253 Å². The van der Waals surface area contributed by atoms with Crippen LogP contribution in [-0.4, -0.2) is 18.3 Å². The van der Waals surface area contributed by atoms with Crippen molar-refractivity contribution in [1.29, 1.82) is 5.26 Å². The summed E-state index contributed by atoms with van der Waals surface area (Å²) in [6, 6.07) is 61.3. The summed E-state index contributed by atoms with van der Waals surface area (Å²) in [6.07, 6.45) is 24.7. The maximum absolute atomic E-state index is 13.6. The Kier molecular flexibility index (Phi) is 16.3. The number of aromatic nitrogens is 4. The van der Waals surface area contributed by atoms with Gasteiger partial charge in [-0.15, -0.1) is 0 Å². The quantitative estimate of drug-likeness (QED) is 0.140. The second-order valence-electron chi connectivity index (χ2n) is 36.1. The van der Waals surface area contributed by atoms with Gasteiger partial charge >= 0.3 is 0 Å². The maximum Gasteiger partial charge on any atom is 0.238 e. The van der Waals surface area contributed by atoms with Gasteiger partial charge in [0, 0.05) is 43.1 Å². The molecule has 4 heterocycles. The van der Waals surface area contributed by atoms with E-state index in [9.17, 15) is 11.8 Å². The minimum Gasteiger partial charge on any atom is -0.317 e. The second-order valence-corrected chi connectivity index (χ2v) is 36.1. The van der Waals surface area contributed by atoms with Gasteiger partial charge in [0.1, 0.15) is 11.6 Å². The fourth-order valence-corrected chi connectivity index (χ4v) is 19.5. The fraction of sp³-hybridized carbons (Fsp3) is 0.417. The van der Waals surface area contributed by atoms with Crippen LogP contribution < -0.4 is 0 Å². The summed E-state index contributed by atoms with van der Waals surface area (Å²) >= 11 is 0. The summed E-state index contributed by atoms with van der Waals surface area (Å²) in [5.74, 6) is 1.94. The van der Waals surface area contributed by atoms with Crippen LogP contribution in [0.4, 0.5) is 5.69 Å². The van der Waals surface area contributed by atoms with Crippen LogP contribution >= 0.6 is 0 Å². The predicted molar refractivity (Wildman–Crippen MR) is 433 cm³/mol. The molecule has 17 rings (SSSR count). The van der Waals surface area contributed by atoms with Gasteiger partial charge in [0.05, 0.1) is 73.5 Å². The topological polar surface area (TPSA) is 47.9 Å². The molecule has 518 valence electrons. The average Bonchev–Trinajstić information content (AvgIpc) is 1.47. The van der Waals surface area contributed by atoms with Crippen molar-refractivity contribution < 1.29 is 0 Å². The highest BCUT2D eigenvalue weighted by molar-refractivity contribution is 6.17. The van der Waals surface area contributed by atoms with Crippen LogP contribution in [0.5, 0.6) is 0 Å². The Labute approximate surface area is 605 Å². The largest absolute Gasteiger partial charge is 0.317 e. The van der Waals surface area contributed by atoms with Crippen molar-refractivity contribution in [2.24, 2.45) is 0 Å². The Bertz CT molecular complexity index is 4980. The van der Waals surface area contributed by atoms with Gasteiger partial charge in [0.25, 0.3) is 0 Å². The Morgan fingerprint density at radius 3 is 0.706 bits per heavy atom. The average molecular weight is 1340 g/mol. The SMILES string of the molecule is [C-]#[N+]c1c(-n2c3ccc(C4CCCCC4)cc3c3cc(C4CCCCC4)ccc32)c(-n2c3ccc(C(C)(C)C)cc3c3cc(C(C)(C)C)ccc32)c(C#N)c(-n2c3ccc(C4CCCCC4)cc3c3cc(C4CCCCC4)ccc32)c1-n1c2ccc(C(C)(C)C)cc2c2cc(C(C)(C)C)ccc21. The summed E-state index contributed by atoms with van der Waals surface area (Å²) in [7, 11) is 0. The third kappa shape index (κ3) is 11.0. The smallest absolute Gasteiger partial charge is 0.238 e. The number of fused-ring (bicyclic) bond motifs is 12. The second kappa shape index (κ2) is 25.0. The van der Waals surface area contributed by atoms with Crippen molar-refractivity contribution in [3.63, 3.8) is 0 Å². The molecular formula is C96H104N6. The van der Waals surface area contributed by atoms with Crippen molar-refractivity contribution >= 4 is 92.9 Å². The normalized spacial score (nSPS) is 17.0. The van der Waals surface area contributed by atoms with Crippen molar-refractivity contribution in [1.82, 2.24) is 18.3 Å². The molecule has 0 radical (unpaired) electrons. The number of rotatable bonds is 8. The summed E-state index contributed by atoms with van der Waals surface area (Å²) in [5, 5.41) is 23.0. The van der Waals surface area contributed by atoms with Crippen LogP contribution in [0.15, 0.2) is 146 Å². The molecule has 4 aliphatic carbocycles. The first-order chi connectivity index (χ1) is 49.0. The van der Waals surface area contributed by atoms with Gasteiger partial charge in [-0.05, 0) is 238 Å². The van der Waals surface area contributed by atoms with Gasteiger partial charge in [-0.2, -0.15) is 5.26 Å². The van der Waals surface area contributed by atoms with Crippen LogP contribution in [0.25, 0.3) is 115 Å². The van der Waals surface area contributed by atoms with Crippen molar-refractivity contribution in [2.75, 3.05) is 0 Å². The van der Waals surface area contributed by atoms with E-state index in [1.807, 2.05) is 0 Å². The molecule has 0 aliphatic heterocycles. The first-order valence-electron chi connectivity index (χ1n) is 39.4. The van der Waals surface area contributed by atoms with E-state index in [-0.39, 0.29) is 21.7 Å². The van der Waals surface area contributed by atoms with Crippen LogP contribution in [0, 0.1) is 17.9 Å². The third-order valence-electron chi connectivity index (χ3n) is 25.4. The lowest BCUT2D eigenvalue weighted by molar-refractivity contribution is 0.444. The summed E-state index contributed by atoms with van der Waals surface area (Å²) in [5.41, 5.74) is 22.2. The highest BCUT2D eigenvalue weighted by Gasteiger charge is 2.37. The summed E-state index contributed by atoms with van der Waals surface area (Å²) < 4.78 is 9.89. The van der Waals surface area contributed by atoms with Crippen molar-refractivity contribution in [2.45, 2.75) is 257 Å². The van der Waals surface area contributed by atoms with Gasteiger partial charge in [-0.25, -0.2) is 4.85 Å². The molecule has 0 unspecified atom stereocenters. The number of nitrogens with zero attached hydrogens (tertiary/aromatic N) is 6. The number of nitriles is 1. The molecule has 102 heavy (non-hydrogen) atoms. The Hall–Kier alpha value is -8.84. The Morgan fingerprint density at radius 2 is 0.500 bits per heavy atom. The van der Waals surface area contributed by atoms with Crippen LogP contribution in [0.1, 0.15) is 285 Å². The monoisotopic (exact) mass is 1340 g/mol. The number of hydrogen-bond acceptors (Lipinski definition) is 1. The molecule has 0 atom stereocenters. The number of hydrogen-bond donors (Lipinski definition) is 0. The van der Waals surface area contributed by atoms with E-state index in [0.717, 1.165) is 88.4 Å². The molecule has 4 aliphatic rings. The van der Waals surface area contributed by atoms with E-state index in [1.54, 1.807) is 0 Å². The van der Waals surface area contributed by atoms with Gasteiger partial charge < -0.3 is 18.3 Å². The third-order valence-corrected chi connectivity index (χ3v) is 25.4. The van der Waals surface area contributed by atoms with Gasteiger partial charge in [0.2, 0.25) is 5.69 Å². The first-order valence-corrected chi connectivity index (χ1v) is 39.4. The van der Waals surface area contributed by atoms with E-state index in [4.69, 9.17) is 4.85 Å². The molecule has 0 bridgehead atoms. The molecule has 0 saturated heterocycles. The zero-order chi connectivity index (χ0) is 70.5. The molecule has 4 saturated carbocycles. The first kappa shape index (κ1) is 66.4. The Balaban J connectivity index is 1.12. The maximum atomic E-state index is 13.6.